The van der Waals surface area contributed by atoms with Crippen molar-refractivity contribution in [3.63, 3.8) is 0 Å². The summed E-state index contributed by atoms with van der Waals surface area (Å²) in [6.07, 6.45) is 0.237. The Hall–Kier alpha value is -4.31. The topological polar surface area (TPSA) is 123 Å². The molecule has 184 valence electrons. The van der Waals surface area contributed by atoms with Gasteiger partial charge >= 0.3 is 12.0 Å². The molecule has 0 unspecified atom stereocenters. The van der Waals surface area contributed by atoms with E-state index >= 15 is 0 Å². The number of rotatable bonds is 5. The summed E-state index contributed by atoms with van der Waals surface area (Å²) in [5.74, 6) is 1.20. The van der Waals surface area contributed by atoms with Gasteiger partial charge in [0.25, 0.3) is 0 Å². The third-order valence-corrected chi connectivity index (χ3v) is 6.05. The Morgan fingerprint density at radius 2 is 1.67 bits per heavy atom. The van der Waals surface area contributed by atoms with Gasteiger partial charge in [0.2, 0.25) is 0 Å². The molecule has 0 atom stereocenters. The highest BCUT2D eigenvalue weighted by molar-refractivity contribution is 6.00. The van der Waals surface area contributed by atoms with Gasteiger partial charge in [0, 0.05) is 54.1 Å². The summed E-state index contributed by atoms with van der Waals surface area (Å²) in [6, 6.07) is 11.7. The number of hydrogen-bond acceptors (Lipinski definition) is 8. The van der Waals surface area contributed by atoms with Gasteiger partial charge < -0.3 is 25.0 Å². The van der Waals surface area contributed by atoms with Gasteiger partial charge in [0.05, 0.1) is 19.6 Å². The largest absolute Gasteiger partial charge is 0.426 e. The van der Waals surface area contributed by atoms with Crippen molar-refractivity contribution in [2.45, 2.75) is 20.3 Å². The molecule has 0 aliphatic carbocycles. The molecule has 36 heavy (non-hydrogen) atoms. The Labute approximate surface area is 207 Å². The normalized spacial score (nSPS) is 14.7. The maximum Gasteiger partial charge on any atom is 0.323 e. The van der Waals surface area contributed by atoms with Gasteiger partial charge in [0.1, 0.15) is 17.3 Å². The molecule has 1 fully saturated rings. The number of esters is 1. The van der Waals surface area contributed by atoms with Crippen LogP contribution in [0.4, 0.5) is 22.0 Å². The van der Waals surface area contributed by atoms with Crippen molar-refractivity contribution in [1.29, 1.82) is 0 Å². The van der Waals surface area contributed by atoms with E-state index in [9.17, 15) is 14.4 Å². The lowest BCUT2D eigenvalue weighted by Gasteiger charge is -2.29. The molecule has 2 aliphatic heterocycles. The van der Waals surface area contributed by atoms with Crippen LogP contribution in [-0.2, 0) is 16.0 Å². The van der Waals surface area contributed by atoms with E-state index < -0.39 is 6.03 Å². The highest BCUT2D eigenvalue weighted by Gasteiger charge is 2.22. The molecule has 2 N–H and O–H groups in total. The van der Waals surface area contributed by atoms with E-state index in [2.05, 4.69) is 20.5 Å². The lowest BCUT2D eigenvalue weighted by atomic mass is 10.1. The first-order valence-electron chi connectivity index (χ1n) is 11.6. The number of carbonyl (C=O) groups is 3. The van der Waals surface area contributed by atoms with Crippen LogP contribution in [0.2, 0.25) is 0 Å². The van der Waals surface area contributed by atoms with Crippen LogP contribution in [0.3, 0.4) is 0 Å². The molecule has 0 radical (unpaired) electrons. The van der Waals surface area contributed by atoms with Gasteiger partial charge in [-0.15, -0.1) is 0 Å². The van der Waals surface area contributed by atoms with Gasteiger partial charge in [-0.3, -0.25) is 9.59 Å². The van der Waals surface area contributed by atoms with Crippen LogP contribution in [-0.4, -0.2) is 54.1 Å². The van der Waals surface area contributed by atoms with Crippen molar-refractivity contribution in [2.75, 3.05) is 41.8 Å². The van der Waals surface area contributed by atoms with E-state index in [4.69, 9.17) is 14.5 Å². The fraction of sp³-hybridized carbons (Fsp3) is 0.269. The van der Waals surface area contributed by atoms with Crippen LogP contribution < -0.4 is 20.3 Å². The van der Waals surface area contributed by atoms with Crippen LogP contribution in [0.15, 0.2) is 42.5 Å². The standard InChI is InChI=1S/C26H25N5O5/c1-15-23(16(2)32)29-24(30-25(15)31-9-11-35-12-10-31)17-3-6-19(7-4-17)27-26(34)28-20-8-5-18-13-22(33)36-21(18)14-20/h3-8,14H,9-13H2,1-2H3,(H2,27,28,34). The summed E-state index contributed by atoms with van der Waals surface area (Å²) in [5, 5.41) is 5.50. The third-order valence-electron chi connectivity index (χ3n) is 6.05. The van der Waals surface area contributed by atoms with Gasteiger partial charge in [-0.2, -0.15) is 0 Å². The average molecular weight is 488 g/mol. The minimum atomic E-state index is -0.438. The van der Waals surface area contributed by atoms with Crippen molar-refractivity contribution in [3.8, 4) is 17.1 Å². The minimum absolute atomic E-state index is 0.123. The van der Waals surface area contributed by atoms with Crippen LogP contribution in [0, 0.1) is 6.92 Å². The Bertz CT molecular complexity index is 1350. The van der Waals surface area contributed by atoms with Gasteiger partial charge in [-0.25, -0.2) is 14.8 Å². The molecule has 10 nitrogen and oxygen atoms in total. The fourth-order valence-electron chi connectivity index (χ4n) is 4.24. The van der Waals surface area contributed by atoms with Crippen LogP contribution >= 0.6 is 0 Å². The lowest BCUT2D eigenvalue weighted by Crippen LogP contribution is -2.37. The van der Waals surface area contributed by atoms with E-state index in [1.807, 2.05) is 6.92 Å². The van der Waals surface area contributed by atoms with Crippen molar-refractivity contribution in [3.05, 3.63) is 59.3 Å². The van der Waals surface area contributed by atoms with Crippen LogP contribution in [0.25, 0.3) is 11.4 Å². The molecule has 0 spiro atoms. The molecular weight excluding hydrogens is 462 g/mol. The van der Waals surface area contributed by atoms with E-state index in [-0.39, 0.29) is 18.2 Å². The smallest absolute Gasteiger partial charge is 0.323 e. The number of fused-ring (bicyclic) bond motifs is 1. The molecule has 1 aromatic heterocycles. The molecule has 2 amide bonds. The second kappa shape index (κ2) is 9.74. The first-order valence-corrected chi connectivity index (χ1v) is 11.6. The third kappa shape index (κ3) is 4.89. The monoisotopic (exact) mass is 487 g/mol. The SMILES string of the molecule is CC(=O)c1nc(-c2ccc(NC(=O)Nc3ccc4c(c3)OC(=O)C4)cc2)nc(N2CCOCC2)c1C. The highest BCUT2D eigenvalue weighted by atomic mass is 16.5. The zero-order valence-electron chi connectivity index (χ0n) is 20.0. The number of amides is 2. The highest BCUT2D eigenvalue weighted by Crippen LogP contribution is 2.29. The van der Waals surface area contributed by atoms with Crippen LogP contribution in [0.1, 0.15) is 28.5 Å². The number of hydrogen-bond donors (Lipinski definition) is 2. The Morgan fingerprint density at radius 3 is 2.39 bits per heavy atom. The number of aromatic nitrogens is 2. The summed E-state index contributed by atoms with van der Waals surface area (Å²) >= 11 is 0. The molecule has 2 aromatic carbocycles. The Kier molecular flexibility index (Phi) is 6.34. The maximum absolute atomic E-state index is 12.5. The molecular formula is C26H25N5O5. The number of urea groups is 1. The predicted octanol–water partition coefficient (Wildman–Crippen LogP) is 3.60. The Morgan fingerprint density at radius 1 is 0.972 bits per heavy atom. The van der Waals surface area contributed by atoms with Crippen LogP contribution in [0.5, 0.6) is 5.75 Å². The number of anilines is 3. The molecule has 3 aromatic rings. The predicted molar refractivity (Wildman–Crippen MR) is 134 cm³/mol. The molecule has 0 bridgehead atoms. The number of morpholine rings is 1. The van der Waals surface area contributed by atoms with Gasteiger partial charge in [-0.1, -0.05) is 6.07 Å². The average Bonchev–Trinajstić information content (AvgIpc) is 3.24. The summed E-state index contributed by atoms with van der Waals surface area (Å²) in [5.41, 5.74) is 3.74. The fourth-order valence-corrected chi connectivity index (χ4v) is 4.24. The summed E-state index contributed by atoms with van der Waals surface area (Å²) in [4.78, 5) is 47.6. The second-order valence-corrected chi connectivity index (χ2v) is 8.63. The van der Waals surface area contributed by atoms with E-state index in [0.717, 1.165) is 22.5 Å². The summed E-state index contributed by atoms with van der Waals surface area (Å²) in [7, 11) is 0. The minimum Gasteiger partial charge on any atom is -0.426 e. The summed E-state index contributed by atoms with van der Waals surface area (Å²) < 4.78 is 10.6. The maximum atomic E-state index is 12.5. The molecule has 1 saturated heterocycles. The molecule has 0 saturated carbocycles. The second-order valence-electron chi connectivity index (χ2n) is 8.63. The number of ketones is 1. The first kappa shape index (κ1) is 23.4. The molecule has 5 rings (SSSR count). The number of carbonyl (C=O) groups excluding carboxylic acids is 3. The van der Waals surface area contributed by atoms with Crippen molar-refractivity contribution in [1.82, 2.24) is 9.97 Å². The number of Topliss-reactive ketones (excluding diaryl/α,β-unsaturated/α-hetero) is 1. The molecule has 10 heteroatoms. The van der Waals surface area contributed by atoms with Crippen molar-refractivity contribution < 1.29 is 23.9 Å². The zero-order chi connectivity index (χ0) is 25.2. The number of nitrogens with one attached hydrogen (secondary N) is 2. The quantitative estimate of drug-likeness (QED) is 0.318. The van der Waals surface area contributed by atoms with Crippen molar-refractivity contribution >= 4 is 35.0 Å². The molecule has 2 aliphatic rings. The Balaban J connectivity index is 1.32. The van der Waals surface area contributed by atoms with E-state index in [1.54, 1.807) is 42.5 Å². The van der Waals surface area contributed by atoms with E-state index in [1.165, 1.54) is 6.92 Å². The number of nitrogens with zero attached hydrogens (tertiary/aromatic N) is 3. The number of benzene rings is 2. The first-order chi connectivity index (χ1) is 17.4. The lowest BCUT2D eigenvalue weighted by molar-refractivity contribution is -0.131. The van der Waals surface area contributed by atoms with Gasteiger partial charge in [-0.05, 0) is 37.3 Å². The van der Waals surface area contributed by atoms with Crippen molar-refractivity contribution in [2.24, 2.45) is 0 Å². The van der Waals surface area contributed by atoms with E-state index in [0.29, 0.717) is 54.9 Å². The molecule has 3 heterocycles. The zero-order valence-corrected chi connectivity index (χ0v) is 20.0. The number of ether oxygens (including phenoxy) is 2. The summed E-state index contributed by atoms with van der Waals surface area (Å²) in [6.45, 7) is 5.96. The van der Waals surface area contributed by atoms with Gasteiger partial charge in [0.15, 0.2) is 11.6 Å².